The van der Waals surface area contributed by atoms with E-state index in [4.69, 9.17) is 6.42 Å². The van der Waals surface area contributed by atoms with E-state index in [1.54, 1.807) is 24.3 Å². The van der Waals surface area contributed by atoms with E-state index in [1.165, 1.54) is 0 Å². The fourth-order valence-corrected chi connectivity index (χ4v) is 3.12. The van der Waals surface area contributed by atoms with Gasteiger partial charge in [-0.1, -0.05) is 35.9 Å². The molecule has 116 valence electrons. The summed E-state index contributed by atoms with van der Waals surface area (Å²) in [6, 6.07) is 18.6. The first-order chi connectivity index (χ1) is 11.0. The Morgan fingerprint density at radius 2 is 1.70 bits per heavy atom. The molecule has 0 N–H and O–H groups in total. The van der Waals surface area contributed by atoms with Gasteiger partial charge in [-0.2, -0.15) is 0 Å². The number of terminal acetylenes is 1. The second-order valence-corrected chi connectivity index (χ2v) is 6.81. The highest BCUT2D eigenvalue weighted by atomic mass is 32.2. The Bertz CT molecular complexity index is 852. The van der Waals surface area contributed by atoms with Crippen molar-refractivity contribution in [3.05, 3.63) is 65.7 Å². The summed E-state index contributed by atoms with van der Waals surface area (Å²) in [5.41, 5.74) is 1.74. The smallest absolute Gasteiger partial charge is 0.223 e. The highest BCUT2D eigenvalue weighted by Crippen LogP contribution is 2.16. The van der Waals surface area contributed by atoms with E-state index in [0.29, 0.717) is 6.42 Å². The quantitative estimate of drug-likeness (QED) is 0.641. The average Bonchev–Trinajstić information content (AvgIpc) is 2.56. The van der Waals surface area contributed by atoms with Crippen molar-refractivity contribution in [1.82, 2.24) is 4.31 Å². The predicted octanol–water partition coefficient (Wildman–Crippen LogP) is 3.02. The number of benzene rings is 2. The van der Waals surface area contributed by atoms with Crippen molar-refractivity contribution in [2.45, 2.75) is 18.2 Å². The largest absolute Gasteiger partial charge is 0.271 e. The summed E-state index contributed by atoms with van der Waals surface area (Å²) in [6.07, 6.45) is 5.57. The predicted molar refractivity (Wildman–Crippen MR) is 91.8 cm³/mol. The van der Waals surface area contributed by atoms with E-state index >= 15 is 0 Å². The molecule has 3 nitrogen and oxygen atoms in total. The maximum atomic E-state index is 12.7. The molecule has 0 fully saturated rings. The molecule has 0 aliphatic carbocycles. The Morgan fingerprint density at radius 1 is 1.04 bits per heavy atom. The molecule has 0 radical (unpaired) electrons. The highest BCUT2D eigenvalue weighted by molar-refractivity contribution is 7.89. The lowest BCUT2D eigenvalue weighted by molar-refractivity contribution is 0.516. The maximum absolute atomic E-state index is 12.7. The average molecular weight is 323 g/mol. The van der Waals surface area contributed by atoms with E-state index in [9.17, 15) is 8.42 Å². The Morgan fingerprint density at radius 3 is 2.30 bits per heavy atom. The second-order valence-electron chi connectivity index (χ2n) is 4.95. The number of sulfonamides is 1. The minimum atomic E-state index is -3.70. The van der Waals surface area contributed by atoms with Gasteiger partial charge in [-0.05, 0) is 37.1 Å². The third-order valence-corrected chi connectivity index (χ3v) is 4.89. The number of aryl methyl sites for hydroxylation is 1. The molecule has 0 saturated carbocycles. The van der Waals surface area contributed by atoms with Gasteiger partial charge in [0.15, 0.2) is 0 Å². The zero-order chi connectivity index (χ0) is 16.7. The Balaban J connectivity index is 2.36. The third-order valence-electron chi connectivity index (χ3n) is 3.17. The SMILES string of the molecule is C#CCCN(C#Cc1ccccc1)S(=O)(=O)c1ccc(C)cc1. The van der Waals surface area contributed by atoms with Gasteiger partial charge in [0.2, 0.25) is 0 Å². The van der Waals surface area contributed by atoms with Crippen molar-refractivity contribution in [3.8, 4) is 24.3 Å². The summed E-state index contributed by atoms with van der Waals surface area (Å²) in [6.45, 7) is 2.06. The molecular formula is C19H17NO2S. The standard InChI is InChI=1S/C19H17NO2S/c1-3-4-15-20(16-14-18-8-6-5-7-9-18)23(21,22)19-12-10-17(2)11-13-19/h1,5-13H,4,15H2,2H3. The first-order valence-electron chi connectivity index (χ1n) is 7.13. The van der Waals surface area contributed by atoms with Gasteiger partial charge in [-0.25, -0.2) is 12.7 Å². The van der Waals surface area contributed by atoms with E-state index < -0.39 is 10.0 Å². The molecule has 2 aromatic carbocycles. The summed E-state index contributed by atoms with van der Waals surface area (Å²) < 4.78 is 26.6. The van der Waals surface area contributed by atoms with Crippen LogP contribution in [0.4, 0.5) is 0 Å². The van der Waals surface area contributed by atoms with Gasteiger partial charge in [0.05, 0.1) is 11.4 Å². The molecule has 0 unspecified atom stereocenters. The zero-order valence-corrected chi connectivity index (χ0v) is 13.7. The van der Waals surface area contributed by atoms with Crippen molar-refractivity contribution >= 4 is 10.0 Å². The monoisotopic (exact) mass is 323 g/mol. The summed E-state index contributed by atoms with van der Waals surface area (Å²) in [4.78, 5) is 0.211. The number of nitrogens with zero attached hydrogens (tertiary/aromatic N) is 1. The molecule has 0 amide bonds. The van der Waals surface area contributed by atoms with E-state index in [2.05, 4.69) is 17.9 Å². The van der Waals surface area contributed by atoms with Crippen LogP contribution in [0, 0.1) is 31.2 Å². The first-order valence-corrected chi connectivity index (χ1v) is 8.57. The van der Waals surface area contributed by atoms with Gasteiger partial charge in [0.1, 0.15) is 0 Å². The lowest BCUT2D eigenvalue weighted by Gasteiger charge is -2.16. The Labute approximate surface area is 138 Å². The van der Waals surface area contributed by atoms with Crippen LogP contribution in [-0.2, 0) is 10.0 Å². The molecule has 2 rings (SSSR count). The van der Waals surface area contributed by atoms with E-state index in [0.717, 1.165) is 15.4 Å². The fraction of sp³-hybridized carbons (Fsp3) is 0.158. The molecule has 23 heavy (non-hydrogen) atoms. The first kappa shape index (κ1) is 16.7. The number of hydrogen-bond acceptors (Lipinski definition) is 2. The zero-order valence-electron chi connectivity index (χ0n) is 12.9. The molecule has 0 aromatic heterocycles. The lowest BCUT2D eigenvalue weighted by atomic mass is 10.2. The molecule has 0 saturated heterocycles. The van der Waals surface area contributed by atoms with Crippen LogP contribution in [0.5, 0.6) is 0 Å². The highest BCUT2D eigenvalue weighted by Gasteiger charge is 2.21. The van der Waals surface area contributed by atoms with Crippen LogP contribution >= 0.6 is 0 Å². The second kappa shape index (κ2) is 7.54. The van der Waals surface area contributed by atoms with Gasteiger partial charge in [0, 0.05) is 18.0 Å². The van der Waals surface area contributed by atoms with Crippen LogP contribution in [0.2, 0.25) is 0 Å². The van der Waals surface area contributed by atoms with Crippen LogP contribution in [0.1, 0.15) is 17.5 Å². The van der Waals surface area contributed by atoms with Crippen LogP contribution in [0.3, 0.4) is 0 Å². The minimum absolute atomic E-state index is 0.159. The number of rotatable bonds is 4. The molecule has 0 heterocycles. The van der Waals surface area contributed by atoms with E-state index in [-0.39, 0.29) is 11.4 Å². The van der Waals surface area contributed by atoms with Crippen molar-refractivity contribution in [2.75, 3.05) is 6.54 Å². The lowest BCUT2D eigenvalue weighted by Crippen LogP contribution is -2.27. The van der Waals surface area contributed by atoms with Crippen LogP contribution in [0.15, 0.2) is 59.5 Å². The normalized spacial score (nSPS) is 10.3. The maximum Gasteiger partial charge on any atom is 0.271 e. The molecule has 2 aromatic rings. The molecule has 0 atom stereocenters. The van der Waals surface area contributed by atoms with Gasteiger partial charge >= 0.3 is 0 Å². The van der Waals surface area contributed by atoms with Crippen molar-refractivity contribution in [3.63, 3.8) is 0 Å². The molecule has 4 heteroatoms. The number of hydrogen-bond donors (Lipinski definition) is 0. The molecule has 0 aliphatic heterocycles. The minimum Gasteiger partial charge on any atom is -0.223 e. The third kappa shape index (κ3) is 4.39. The van der Waals surface area contributed by atoms with Gasteiger partial charge in [-0.3, -0.25) is 0 Å². The fourth-order valence-electron chi connectivity index (χ4n) is 1.89. The van der Waals surface area contributed by atoms with Crippen molar-refractivity contribution in [2.24, 2.45) is 0 Å². The van der Waals surface area contributed by atoms with Crippen molar-refractivity contribution in [1.29, 1.82) is 0 Å². The summed E-state index contributed by atoms with van der Waals surface area (Å²) in [5.74, 6) is 5.32. The van der Waals surface area contributed by atoms with Crippen molar-refractivity contribution < 1.29 is 8.42 Å². The van der Waals surface area contributed by atoms with Crippen LogP contribution in [-0.4, -0.2) is 19.3 Å². The van der Waals surface area contributed by atoms with Gasteiger partial charge < -0.3 is 0 Å². The summed E-state index contributed by atoms with van der Waals surface area (Å²) in [5, 5.41) is 0. The van der Waals surface area contributed by atoms with Gasteiger partial charge in [-0.15, -0.1) is 12.3 Å². The molecule has 0 spiro atoms. The topological polar surface area (TPSA) is 37.4 Å². The summed E-state index contributed by atoms with van der Waals surface area (Å²) in [7, 11) is -3.70. The Kier molecular flexibility index (Phi) is 5.46. The van der Waals surface area contributed by atoms with Gasteiger partial charge in [0.25, 0.3) is 10.0 Å². The van der Waals surface area contributed by atoms with Crippen LogP contribution in [0.25, 0.3) is 0 Å². The molecule has 0 bridgehead atoms. The molecule has 0 aliphatic rings. The Hall–Kier alpha value is -2.69. The van der Waals surface area contributed by atoms with Crippen LogP contribution < -0.4 is 0 Å². The van der Waals surface area contributed by atoms with E-state index in [1.807, 2.05) is 37.3 Å². The molecular weight excluding hydrogens is 306 g/mol. The summed E-state index contributed by atoms with van der Waals surface area (Å²) >= 11 is 0.